The summed E-state index contributed by atoms with van der Waals surface area (Å²) in [6.07, 6.45) is -0.227. The third-order valence-electron chi connectivity index (χ3n) is 9.42. The van der Waals surface area contributed by atoms with Crippen LogP contribution in [0.5, 0.6) is 0 Å². The van der Waals surface area contributed by atoms with Crippen molar-refractivity contribution in [3.63, 3.8) is 0 Å². The number of Topliss-reactive ketones (excluding diaryl/α,β-unsaturated/α-hetero) is 1. The summed E-state index contributed by atoms with van der Waals surface area (Å²) < 4.78 is 23.8. The summed E-state index contributed by atoms with van der Waals surface area (Å²) in [4.78, 5) is 51.4. The van der Waals surface area contributed by atoms with Crippen molar-refractivity contribution in [2.45, 2.75) is 110 Å². The van der Waals surface area contributed by atoms with Crippen molar-refractivity contribution in [2.24, 2.45) is 16.7 Å². The Bertz CT molecular complexity index is 1070. The van der Waals surface area contributed by atoms with E-state index in [1.165, 1.54) is 13.8 Å². The van der Waals surface area contributed by atoms with E-state index in [2.05, 4.69) is 6.58 Å². The molecule has 3 fully saturated rings. The standard InChI is InChI=1S/C28H38O9/c1-8-9-12-27(33)13-10-11-26(7)21(27)23-28(37-24(32)36-23)14-18(31)15(2)19(25(28,5)6)20(34-16(3)29)22(26)35-17(4)30/h8,20-23,33H,1,9-14H2,2-7H3/t20-,21+,22+,23+,26-,27+,28-/m1/s1. The number of carbonyl (C=O) groups is 4. The highest BCUT2D eigenvalue weighted by atomic mass is 16.8. The lowest BCUT2D eigenvalue weighted by molar-refractivity contribution is -0.242. The number of carbonyl (C=O) groups excluding carboxylic acids is 4. The Labute approximate surface area is 217 Å². The molecule has 37 heavy (non-hydrogen) atoms. The van der Waals surface area contributed by atoms with Gasteiger partial charge < -0.3 is 24.1 Å². The van der Waals surface area contributed by atoms with Gasteiger partial charge in [-0.25, -0.2) is 4.79 Å². The topological polar surface area (TPSA) is 125 Å². The number of hydrogen-bond acceptors (Lipinski definition) is 9. The largest absolute Gasteiger partial charge is 0.509 e. The van der Waals surface area contributed by atoms with Gasteiger partial charge in [0.2, 0.25) is 0 Å². The lowest BCUT2D eigenvalue weighted by atomic mass is 9.46. The highest BCUT2D eigenvalue weighted by Crippen LogP contribution is 2.65. The van der Waals surface area contributed by atoms with Crippen molar-refractivity contribution in [1.29, 1.82) is 0 Å². The first-order valence-corrected chi connectivity index (χ1v) is 13.0. The molecule has 0 amide bonds. The monoisotopic (exact) mass is 518 g/mol. The molecule has 204 valence electrons. The first-order valence-electron chi connectivity index (χ1n) is 13.0. The molecule has 2 saturated carbocycles. The number of aliphatic hydroxyl groups is 1. The summed E-state index contributed by atoms with van der Waals surface area (Å²) in [6, 6.07) is 0. The van der Waals surface area contributed by atoms with Crippen LogP contribution in [0.2, 0.25) is 0 Å². The average molecular weight is 519 g/mol. The van der Waals surface area contributed by atoms with Crippen molar-refractivity contribution < 1.29 is 43.2 Å². The Morgan fingerprint density at radius 2 is 1.78 bits per heavy atom. The fourth-order valence-corrected chi connectivity index (χ4v) is 7.85. The maximum absolute atomic E-state index is 13.5. The Morgan fingerprint density at radius 1 is 1.14 bits per heavy atom. The average Bonchev–Trinajstić information content (AvgIpc) is 3.09. The molecule has 7 atom stereocenters. The summed E-state index contributed by atoms with van der Waals surface area (Å²) in [5.41, 5.74) is -4.08. The fraction of sp³-hybridized carbons (Fsp3) is 0.714. The van der Waals surface area contributed by atoms with E-state index in [1.54, 1.807) is 13.0 Å². The number of allylic oxidation sites excluding steroid dienone is 2. The van der Waals surface area contributed by atoms with Gasteiger partial charge >= 0.3 is 18.1 Å². The van der Waals surface area contributed by atoms with Crippen molar-refractivity contribution in [3.05, 3.63) is 23.8 Å². The van der Waals surface area contributed by atoms with E-state index in [1.807, 2.05) is 20.8 Å². The van der Waals surface area contributed by atoms with Crippen molar-refractivity contribution >= 4 is 23.9 Å². The van der Waals surface area contributed by atoms with Gasteiger partial charge in [0.25, 0.3) is 0 Å². The van der Waals surface area contributed by atoms with E-state index in [9.17, 15) is 24.3 Å². The second-order valence-electron chi connectivity index (χ2n) is 11.9. The molecule has 1 spiro atoms. The molecule has 0 aromatic rings. The molecule has 4 rings (SSSR count). The van der Waals surface area contributed by atoms with Crippen molar-refractivity contribution in [1.82, 2.24) is 0 Å². The number of ketones is 1. The Hall–Kier alpha value is -2.68. The lowest BCUT2D eigenvalue weighted by Crippen LogP contribution is -2.72. The second-order valence-corrected chi connectivity index (χ2v) is 11.9. The van der Waals surface area contributed by atoms with Crippen LogP contribution in [0.15, 0.2) is 23.8 Å². The van der Waals surface area contributed by atoms with E-state index in [4.69, 9.17) is 18.9 Å². The molecule has 1 saturated heterocycles. The molecule has 1 heterocycles. The normalized spacial score (nSPS) is 40.3. The minimum atomic E-state index is -1.46. The van der Waals surface area contributed by atoms with Crippen LogP contribution >= 0.6 is 0 Å². The first kappa shape index (κ1) is 27.4. The first-order chi connectivity index (χ1) is 17.1. The molecule has 1 N–H and O–H groups in total. The summed E-state index contributed by atoms with van der Waals surface area (Å²) in [6.45, 7) is 13.5. The van der Waals surface area contributed by atoms with Gasteiger partial charge in [-0.15, -0.1) is 6.58 Å². The number of ether oxygens (including phenoxy) is 4. The minimum absolute atomic E-state index is 0.138. The van der Waals surface area contributed by atoms with Crippen LogP contribution in [0, 0.1) is 16.7 Å². The molecule has 1 aliphatic heterocycles. The van der Waals surface area contributed by atoms with Crippen LogP contribution in [0.25, 0.3) is 0 Å². The van der Waals surface area contributed by atoms with Crippen molar-refractivity contribution in [3.8, 4) is 0 Å². The molecule has 2 bridgehead atoms. The molecule has 3 aliphatic carbocycles. The zero-order valence-corrected chi connectivity index (χ0v) is 22.5. The number of fused-ring (bicyclic) bond motifs is 3. The van der Waals surface area contributed by atoms with Gasteiger partial charge in [0, 0.05) is 30.6 Å². The number of hydrogen-bond donors (Lipinski definition) is 1. The minimum Gasteiger partial charge on any atom is -0.458 e. The van der Waals surface area contributed by atoms with E-state index >= 15 is 0 Å². The van der Waals surface area contributed by atoms with Crippen LogP contribution in [-0.4, -0.2) is 58.5 Å². The zero-order valence-electron chi connectivity index (χ0n) is 22.5. The highest BCUT2D eigenvalue weighted by molar-refractivity contribution is 5.99. The zero-order chi connectivity index (χ0) is 27.6. The fourth-order valence-electron chi connectivity index (χ4n) is 7.85. The molecular formula is C28H38O9. The molecule has 0 radical (unpaired) electrons. The third-order valence-corrected chi connectivity index (χ3v) is 9.42. The van der Waals surface area contributed by atoms with E-state index < -0.39 is 64.4 Å². The molecule has 9 nitrogen and oxygen atoms in total. The van der Waals surface area contributed by atoms with Gasteiger partial charge in [-0.1, -0.05) is 26.8 Å². The quantitative estimate of drug-likeness (QED) is 0.327. The molecule has 4 aliphatic rings. The number of rotatable bonds is 5. The van der Waals surface area contributed by atoms with Gasteiger partial charge in [0.05, 0.1) is 12.0 Å². The van der Waals surface area contributed by atoms with E-state index in [0.717, 1.165) is 0 Å². The van der Waals surface area contributed by atoms with E-state index in [0.29, 0.717) is 43.3 Å². The molecule has 0 aromatic carbocycles. The lowest BCUT2D eigenvalue weighted by Gasteiger charge is -2.62. The molecular weight excluding hydrogens is 480 g/mol. The van der Waals surface area contributed by atoms with Gasteiger partial charge in [0.1, 0.15) is 6.10 Å². The Kier molecular flexibility index (Phi) is 6.63. The summed E-state index contributed by atoms with van der Waals surface area (Å²) in [7, 11) is 0. The van der Waals surface area contributed by atoms with Gasteiger partial charge in [-0.2, -0.15) is 0 Å². The predicted molar refractivity (Wildman–Crippen MR) is 131 cm³/mol. The van der Waals surface area contributed by atoms with E-state index in [-0.39, 0.29) is 12.2 Å². The summed E-state index contributed by atoms with van der Waals surface area (Å²) in [5, 5.41) is 12.3. The van der Waals surface area contributed by atoms with Gasteiger partial charge in [-0.05, 0) is 50.2 Å². The summed E-state index contributed by atoms with van der Waals surface area (Å²) in [5.74, 6) is -2.29. The maximum atomic E-state index is 13.5. The van der Waals surface area contributed by atoms with Crippen LogP contribution in [0.1, 0.15) is 80.1 Å². The SMILES string of the molecule is C=CCC[C@]1(O)CCC[C@]2(C)[C@@H]1[C@@H]1OC(=O)O[C@]13CC(=O)C(C)=C([C@@H](OC(C)=O)[C@@H]2OC(C)=O)C3(C)C. The smallest absolute Gasteiger partial charge is 0.458 e. The molecule has 0 aromatic heterocycles. The van der Waals surface area contributed by atoms with Gasteiger partial charge in [0.15, 0.2) is 23.6 Å². The van der Waals surface area contributed by atoms with Crippen LogP contribution < -0.4 is 0 Å². The maximum Gasteiger partial charge on any atom is 0.509 e. The molecule has 0 unspecified atom stereocenters. The van der Waals surface area contributed by atoms with Crippen molar-refractivity contribution in [2.75, 3.05) is 0 Å². The highest BCUT2D eigenvalue weighted by Gasteiger charge is 2.75. The third kappa shape index (κ3) is 3.92. The van der Waals surface area contributed by atoms with Crippen LogP contribution in [0.3, 0.4) is 0 Å². The van der Waals surface area contributed by atoms with Crippen LogP contribution in [0.4, 0.5) is 4.79 Å². The number of esters is 2. The Balaban J connectivity index is 2.10. The predicted octanol–water partition coefficient (Wildman–Crippen LogP) is 3.96. The summed E-state index contributed by atoms with van der Waals surface area (Å²) >= 11 is 0. The Morgan fingerprint density at radius 3 is 2.38 bits per heavy atom. The van der Waals surface area contributed by atoms with Gasteiger partial charge in [-0.3, -0.25) is 14.4 Å². The second kappa shape index (κ2) is 8.96. The van der Waals surface area contributed by atoms with Crippen LogP contribution in [-0.2, 0) is 33.3 Å². The molecule has 9 heteroatoms.